The number of nitro groups is 1. The molecule has 6 nitrogen and oxygen atoms in total. The highest BCUT2D eigenvalue weighted by molar-refractivity contribution is 5.91. The number of esters is 1. The molecule has 0 saturated heterocycles. The molecule has 0 fully saturated rings. The van der Waals surface area contributed by atoms with Gasteiger partial charge in [0.15, 0.2) is 0 Å². The molecule has 22 heavy (non-hydrogen) atoms. The van der Waals surface area contributed by atoms with Gasteiger partial charge in [0.05, 0.1) is 23.3 Å². The number of hydrogen-bond donors (Lipinski definition) is 0. The molecule has 2 rings (SSSR count). The van der Waals surface area contributed by atoms with E-state index in [1.165, 1.54) is 19.2 Å². The Bertz CT molecular complexity index is 736. The number of aliphatic imine (C=N–C) groups is 1. The van der Waals surface area contributed by atoms with E-state index in [1.807, 2.05) is 0 Å². The highest BCUT2D eigenvalue weighted by Crippen LogP contribution is 2.23. The minimum Gasteiger partial charge on any atom is -0.465 e. The molecule has 112 valence electrons. The summed E-state index contributed by atoms with van der Waals surface area (Å²) in [5.41, 5.74) is 2.69. The maximum atomic E-state index is 11.3. The molecule has 0 saturated carbocycles. The summed E-state index contributed by atoms with van der Waals surface area (Å²) in [7, 11) is 1.33. The van der Waals surface area contributed by atoms with E-state index >= 15 is 0 Å². The number of non-ortho nitro benzene ring substituents is 1. The minimum atomic E-state index is -0.438. The average Bonchev–Trinajstić information content (AvgIpc) is 2.53. The van der Waals surface area contributed by atoms with Gasteiger partial charge in [-0.3, -0.25) is 15.1 Å². The number of hydrogen-bond acceptors (Lipinski definition) is 5. The Balaban J connectivity index is 2.18. The quantitative estimate of drug-likeness (QED) is 0.375. The number of rotatable bonds is 4. The van der Waals surface area contributed by atoms with E-state index in [0.29, 0.717) is 11.3 Å². The lowest BCUT2D eigenvalue weighted by Crippen LogP contribution is -2.00. The number of benzene rings is 2. The molecule has 0 aliphatic carbocycles. The van der Waals surface area contributed by atoms with Crippen LogP contribution in [0.5, 0.6) is 0 Å². The van der Waals surface area contributed by atoms with Gasteiger partial charge in [0.25, 0.3) is 5.69 Å². The van der Waals surface area contributed by atoms with Crippen LogP contribution in [0.2, 0.25) is 0 Å². The lowest BCUT2D eigenvalue weighted by Gasteiger charge is -2.01. The first-order valence-corrected chi connectivity index (χ1v) is 6.49. The van der Waals surface area contributed by atoms with Crippen LogP contribution in [0.15, 0.2) is 47.5 Å². The molecule has 6 heteroatoms. The monoisotopic (exact) mass is 298 g/mol. The van der Waals surface area contributed by atoms with Crippen molar-refractivity contribution in [3.8, 4) is 0 Å². The van der Waals surface area contributed by atoms with E-state index in [1.54, 1.807) is 43.5 Å². The van der Waals surface area contributed by atoms with E-state index in [4.69, 9.17) is 0 Å². The van der Waals surface area contributed by atoms with Crippen LogP contribution in [-0.4, -0.2) is 24.2 Å². The molecule has 2 aromatic carbocycles. The van der Waals surface area contributed by atoms with Crippen LogP contribution in [0.1, 0.15) is 21.5 Å². The van der Waals surface area contributed by atoms with Gasteiger partial charge in [-0.05, 0) is 36.2 Å². The van der Waals surface area contributed by atoms with Crippen LogP contribution >= 0.6 is 0 Å². The Morgan fingerprint density at radius 1 is 1.23 bits per heavy atom. The number of carbonyl (C=O) groups is 1. The van der Waals surface area contributed by atoms with E-state index < -0.39 is 10.9 Å². The van der Waals surface area contributed by atoms with E-state index in [-0.39, 0.29) is 5.69 Å². The molecule has 0 aliphatic heterocycles. The smallest absolute Gasteiger partial charge is 0.337 e. The van der Waals surface area contributed by atoms with Crippen LogP contribution in [0, 0.1) is 17.0 Å². The van der Waals surface area contributed by atoms with Crippen LogP contribution < -0.4 is 0 Å². The standard InChI is InChI=1S/C16H14N2O4/c1-11-9-14(18(20)21)7-8-15(11)17-10-12-3-5-13(6-4-12)16(19)22-2/h3-10H,1-2H3/b17-10+. The van der Waals surface area contributed by atoms with Crippen molar-refractivity contribution >= 4 is 23.6 Å². The molecule has 0 aliphatic rings. The van der Waals surface area contributed by atoms with Crippen LogP contribution in [0.3, 0.4) is 0 Å². The summed E-state index contributed by atoms with van der Waals surface area (Å²) in [5.74, 6) is -0.394. The van der Waals surface area contributed by atoms with Gasteiger partial charge in [-0.2, -0.15) is 0 Å². The Morgan fingerprint density at radius 3 is 2.45 bits per heavy atom. The summed E-state index contributed by atoms with van der Waals surface area (Å²) in [6.07, 6.45) is 1.63. The van der Waals surface area contributed by atoms with Gasteiger partial charge in [0, 0.05) is 18.3 Å². The highest BCUT2D eigenvalue weighted by atomic mass is 16.6. The van der Waals surface area contributed by atoms with Crippen LogP contribution in [0.25, 0.3) is 0 Å². The maximum Gasteiger partial charge on any atom is 0.337 e. The minimum absolute atomic E-state index is 0.0406. The van der Waals surface area contributed by atoms with Gasteiger partial charge >= 0.3 is 5.97 Å². The fourth-order valence-corrected chi connectivity index (χ4v) is 1.87. The Labute approximate surface area is 127 Å². The second-order valence-electron chi connectivity index (χ2n) is 4.60. The number of carbonyl (C=O) groups excluding carboxylic acids is 1. The van der Waals surface area contributed by atoms with E-state index in [0.717, 1.165) is 11.1 Å². The number of nitro benzene ring substituents is 1. The van der Waals surface area contributed by atoms with Crippen LogP contribution in [0.4, 0.5) is 11.4 Å². The van der Waals surface area contributed by atoms with Crippen molar-refractivity contribution in [1.82, 2.24) is 0 Å². The summed E-state index contributed by atoms with van der Waals surface area (Å²) in [6.45, 7) is 1.76. The van der Waals surface area contributed by atoms with Crippen molar-refractivity contribution in [1.29, 1.82) is 0 Å². The second-order valence-corrected chi connectivity index (χ2v) is 4.60. The molecule has 0 atom stereocenters. The highest BCUT2D eigenvalue weighted by Gasteiger charge is 2.07. The van der Waals surface area contributed by atoms with E-state index in [9.17, 15) is 14.9 Å². The van der Waals surface area contributed by atoms with Crippen molar-refractivity contribution in [2.45, 2.75) is 6.92 Å². The zero-order chi connectivity index (χ0) is 16.1. The average molecular weight is 298 g/mol. The zero-order valence-electron chi connectivity index (χ0n) is 12.1. The van der Waals surface area contributed by atoms with Gasteiger partial charge in [-0.25, -0.2) is 4.79 Å². The second kappa shape index (κ2) is 6.62. The predicted octanol–water partition coefficient (Wildman–Crippen LogP) is 3.44. The Hall–Kier alpha value is -3.02. The third kappa shape index (κ3) is 3.54. The maximum absolute atomic E-state index is 11.3. The molecule has 0 N–H and O–H groups in total. The molecule has 2 aromatic rings. The van der Waals surface area contributed by atoms with Gasteiger partial charge in [0.2, 0.25) is 0 Å². The summed E-state index contributed by atoms with van der Waals surface area (Å²) >= 11 is 0. The lowest BCUT2D eigenvalue weighted by molar-refractivity contribution is -0.384. The fraction of sp³-hybridized carbons (Fsp3) is 0.125. The third-order valence-electron chi connectivity index (χ3n) is 3.08. The molecule has 0 heterocycles. The van der Waals surface area contributed by atoms with Crippen molar-refractivity contribution in [3.05, 3.63) is 69.3 Å². The number of aryl methyl sites for hydroxylation is 1. The van der Waals surface area contributed by atoms with Crippen LogP contribution in [-0.2, 0) is 4.74 Å². The van der Waals surface area contributed by atoms with Crippen molar-refractivity contribution < 1.29 is 14.5 Å². The third-order valence-corrected chi connectivity index (χ3v) is 3.08. The summed E-state index contributed by atoms with van der Waals surface area (Å²) < 4.78 is 4.62. The number of nitrogens with zero attached hydrogens (tertiary/aromatic N) is 2. The Morgan fingerprint density at radius 2 is 1.91 bits per heavy atom. The fourth-order valence-electron chi connectivity index (χ4n) is 1.87. The Kier molecular flexibility index (Phi) is 4.63. The normalized spacial score (nSPS) is 10.6. The number of methoxy groups -OCH3 is 1. The molecule has 0 amide bonds. The topological polar surface area (TPSA) is 81.8 Å². The lowest BCUT2D eigenvalue weighted by atomic mass is 10.1. The molecule has 0 unspecified atom stereocenters. The van der Waals surface area contributed by atoms with Crippen molar-refractivity contribution in [3.63, 3.8) is 0 Å². The van der Waals surface area contributed by atoms with Gasteiger partial charge in [-0.1, -0.05) is 12.1 Å². The largest absolute Gasteiger partial charge is 0.465 e. The van der Waals surface area contributed by atoms with Gasteiger partial charge < -0.3 is 4.74 Å². The SMILES string of the molecule is COC(=O)c1ccc(/C=N/c2ccc([N+](=O)[O-])cc2C)cc1. The molecule has 0 aromatic heterocycles. The van der Waals surface area contributed by atoms with E-state index in [2.05, 4.69) is 9.73 Å². The predicted molar refractivity (Wildman–Crippen MR) is 82.9 cm³/mol. The number of ether oxygens (including phenoxy) is 1. The van der Waals surface area contributed by atoms with Gasteiger partial charge in [0.1, 0.15) is 0 Å². The molecule has 0 radical (unpaired) electrons. The summed E-state index contributed by atoms with van der Waals surface area (Å²) in [6, 6.07) is 11.3. The first-order chi connectivity index (χ1) is 10.5. The molecule has 0 bridgehead atoms. The molecular weight excluding hydrogens is 284 g/mol. The first-order valence-electron chi connectivity index (χ1n) is 6.49. The first kappa shape index (κ1) is 15.4. The zero-order valence-corrected chi connectivity index (χ0v) is 12.1. The summed E-state index contributed by atoms with van der Waals surface area (Å²) in [4.78, 5) is 25.9. The van der Waals surface area contributed by atoms with Crippen molar-refractivity contribution in [2.75, 3.05) is 7.11 Å². The summed E-state index contributed by atoms with van der Waals surface area (Å²) in [5, 5.41) is 10.7. The molecule has 0 spiro atoms. The molecular formula is C16H14N2O4. The van der Waals surface area contributed by atoms with Gasteiger partial charge in [-0.15, -0.1) is 0 Å². The van der Waals surface area contributed by atoms with Crippen molar-refractivity contribution in [2.24, 2.45) is 4.99 Å².